The third-order valence-corrected chi connectivity index (χ3v) is 10.3. The number of benzene rings is 1. The SMILES string of the molecule is C[C@]12Cc3cnn(-c4ccc(F)cc4)c3C=C1CC[C@@H]2CN(CCc1ccccn1)S(=O)(=O)Cc1ccncc1. The number of halogens is 1. The Kier molecular flexibility index (Phi) is 7.10. The molecule has 0 N–H and O–H groups in total. The first-order valence-corrected chi connectivity index (χ1v) is 15.2. The van der Waals surface area contributed by atoms with Crippen molar-refractivity contribution in [1.29, 1.82) is 0 Å². The highest BCUT2D eigenvalue weighted by Crippen LogP contribution is 2.53. The Bertz CT molecular complexity index is 1620. The van der Waals surface area contributed by atoms with Crippen molar-refractivity contribution in [2.45, 2.75) is 38.4 Å². The lowest BCUT2D eigenvalue weighted by Crippen LogP contribution is -2.42. The van der Waals surface area contributed by atoms with Crippen LogP contribution in [0.15, 0.2) is 85.0 Å². The Labute approximate surface area is 234 Å². The van der Waals surface area contributed by atoms with Crippen molar-refractivity contribution < 1.29 is 12.8 Å². The molecule has 6 rings (SSSR count). The molecule has 40 heavy (non-hydrogen) atoms. The van der Waals surface area contributed by atoms with Crippen molar-refractivity contribution in [3.8, 4) is 5.69 Å². The van der Waals surface area contributed by atoms with Gasteiger partial charge in [0.25, 0.3) is 0 Å². The van der Waals surface area contributed by atoms with Gasteiger partial charge in [-0.2, -0.15) is 5.10 Å². The quantitative estimate of drug-likeness (QED) is 0.282. The smallest absolute Gasteiger partial charge is 0.218 e. The number of rotatable bonds is 9. The first kappa shape index (κ1) is 26.5. The van der Waals surface area contributed by atoms with Crippen LogP contribution in [-0.4, -0.2) is 45.6 Å². The second kappa shape index (κ2) is 10.7. The minimum atomic E-state index is -3.58. The Morgan fingerprint density at radius 2 is 1.88 bits per heavy atom. The second-order valence-electron chi connectivity index (χ2n) is 11.0. The van der Waals surface area contributed by atoms with Gasteiger partial charge in [-0.3, -0.25) is 9.97 Å². The summed E-state index contributed by atoms with van der Waals surface area (Å²) in [5.74, 6) is -0.170. The molecule has 0 amide bonds. The summed E-state index contributed by atoms with van der Waals surface area (Å²) in [6.45, 7) is 3.10. The summed E-state index contributed by atoms with van der Waals surface area (Å²) in [7, 11) is -3.58. The van der Waals surface area contributed by atoms with Crippen LogP contribution in [0.2, 0.25) is 0 Å². The number of hydrogen-bond acceptors (Lipinski definition) is 5. The molecule has 0 aliphatic heterocycles. The van der Waals surface area contributed by atoms with Crippen LogP contribution in [0.25, 0.3) is 11.8 Å². The molecular formula is C31H32FN5O2S. The van der Waals surface area contributed by atoms with Crippen molar-refractivity contribution in [1.82, 2.24) is 24.1 Å². The van der Waals surface area contributed by atoms with E-state index in [9.17, 15) is 12.8 Å². The van der Waals surface area contributed by atoms with Crippen LogP contribution in [0.5, 0.6) is 0 Å². The maximum absolute atomic E-state index is 13.8. The van der Waals surface area contributed by atoms with Crippen molar-refractivity contribution in [2.75, 3.05) is 13.1 Å². The van der Waals surface area contributed by atoms with Crippen LogP contribution < -0.4 is 0 Å². The van der Waals surface area contributed by atoms with E-state index in [0.717, 1.165) is 47.5 Å². The molecule has 2 aliphatic rings. The van der Waals surface area contributed by atoms with Gasteiger partial charge in [0.1, 0.15) is 5.82 Å². The Hall–Kier alpha value is -3.69. The third-order valence-electron chi connectivity index (χ3n) is 8.48. The molecular weight excluding hydrogens is 525 g/mol. The van der Waals surface area contributed by atoms with Gasteiger partial charge >= 0.3 is 0 Å². The first-order chi connectivity index (χ1) is 19.3. The number of fused-ring (bicyclic) bond motifs is 2. The summed E-state index contributed by atoms with van der Waals surface area (Å²) in [5, 5.41) is 4.62. The first-order valence-electron chi connectivity index (χ1n) is 13.6. The molecule has 9 heteroatoms. The highest BCUT2D eigenvalue weighted by molar-refractivity contribution is 7.88. The molecule has 0 bridgehead atoms. The molecule has 2 atom stereocenters. The van der Waals surface area contributed by atoms with Crippen LogP contribution >= 0.6 is 0 Å². The van der Waals surface area contributed by atoms with Gasteiger partial charge in [0.2, 0.25) is 10.0 Å². The zero-order valence-electron chi connectivity index (χ0n) is 22.4. The van der Waals surface area contributed by atoms with E-state index >= 15 is 0 Å². The van der Waals surface area contributed by atoms with E-state index < -0.39 is 10.0 Å². The highest BCUT2D eigenvalue weighted by Gasteiger charge is 2.46. The molecule has 1 aromatic carbocycles. The van der Waals surface area contributed by atoms with Crippen LogP contribution in [0.1, 0.15) is 42.3 Å². The zero-order valence-corrected chi connectivity index (χ0v) is 23.3. The third kappa shape index (κ3) is 5.23. The van der Waals surface area contributed by atoms with Gasteiger partial charge < -0.3 is 0 Å². The van der Waals surface area contributed by atoms with Crippen LogP contribution in [0.4, 0.5) is 4.39 Å². The molecule has 3 heterocycles. The normalized spacial score (nSPS) is 20.3. The summed E-state index contributed by atoms with van der Waals surface area (Å²) in [6, 6.07) is 15.6. The van der Waals surface area contributed by atoms with E-state index in [1.165, 1.54) is 17.7 Å². The monoisotopic (exact) mass is 557 g/mol. The zero-order chi connectivity index (χ0) is 27.7. The molecule has 206 valence electrons. The summed E-state index contributed by atoms with van der Waals surface area (Å²) in [5.41, 5.74) is 5.73. The summed E-state index contributed by atoms with van der Waals surface area (Å²) < 4.78 is 44.6. The maximum Gasteiger partial charge on any atom is 0.218 e. The summed E-state index contributed by atoms with van der Waals surface area (Å²) in [4.78, 5) is 8.45. The molecule has 0 radical (unpaired) electrons. The standard InChI is InChI=1S/C31H32FN5O2S/c1-31-19-24-20-35-37(29-9-7-27(32)8-10-29)30(24)18-25(31)5-6-26(31)21-36(17-13-28-4-2-3-14-34-28)40(38,39)22-23-11-15-33-16-12-23/h2-4,7-12,14-16,18,20,26H,5-6,13,17,19,21-22H2,1H3/t26-,31+/m1/s1. The minimum Gasteiger partial charge on any atom is -0.265 e. The molecule has 0 spiro atoms. The summed E-state index contributed by atoms with van der Waals surface area (Å²) >= 11 is 0. The lowest BCUT2D eigenvalue weighted by Gasteiger charge is -2.38. The fraction of sp³-hybridized carbons (Fsp3) is 0.323. The fourth-order valence-corrected chi connectivity index (χ4v) is 7.74. The Morgan fingerprint density at radius 3 is 2.62 bits per heavy atom. The number of hydrogen-bond donors (Lipinski definition) is 0. The minimum absolute atomic E-state index is 0.0571. The number of sulfonamides is 1. The topological polar surface area (TPSA) is 81.0 Å². The highest BCUT2D eigenvalue weighted by atomic mass is 32.2. The number of nitrogens with zero attached hydrogens (tertiary/aromatic N) is 5. The van der Waals surface area contributed by atoms with E-state index in [2.05, 4.69) is 28.1 Å². The molecule has 0 saturated heterocycles. The average molecular weight is 558 g/mol. The summed E-state index contributed by atoms with van der Waals surface area (Å²) in [6.07, 6.45) is 12.3. The van der Waals surface area contributed by atoms with Crippen molar-refractivity contribution in [2.24, 2.45) is 11.3 Å². The van der Waals surface area contributed by atoms with Crippen LogP contribution in [0.3, 0.4) is 0 Å². The predicted molar refractivity (Wildman–Crippen MR) is 152 cm³/mol. The van der Waals surface area contributed by atoms with Gasteiger partial charge in [0.05, 0.1) is 23.3 Å². The van der Waals surface area contributed by atoms with Gasteiger partial charge in [-0.25, -0.2) is 21.8 Å². The van der Waals surface area contributed by atoms with Gasteiger partial charge in [-0.15, -0.1) is 0 Å². The van der Waals surface area contributed by atoms with E-state index in [1.807, 2.05) is 29.1 Å². The van der Waals surface area contributed by atoms with Crippen molar-refractivity contribution in [3.63, 3.8) is 0 Å². The average Bonchev–Trinajstić information content (AvgIpc) is 3.50. The largest absolute Gasteiger partial charge is 0.265 e. The number of allylic oxidation sites excluding steroid dienone is 1. The maximum atomic E-state index is 13.8. The van der Waals surface area contributed by atoms with E-state index in [4.69, 9.17) is 0 Å². The van der Waals surface area contributed by atoms with Gasteiger partial charge in [-0.1, -0.05) is 18.6 Å². The molecule has 2 aliphatic carbocycles. The fourth-order valence-electron chi connectivity index (χ4n) is 6.17. The Morgan fingerprint density at radius 1 is 1.07 bits per heavy atom. The van der Waals surface area contributed by atoms with E-state index in [0.29, 0.717) is 19.5 Å². The molecule has 4 aromatic rings. The van der Waals surface area contributed by atoms with Crippen LogP contribution in [0, 0.1) is 17.2 Å². The molecule has 3 aromatic heterocycles. The van der Waals surface area contributed by atoms with E-state index in [1.54, 1.807) is 47.2 Å². The number of pyridine rings is 2. The lowest BCUT2D eigenvalue weighted by molar-refractivity contribution is 0.221. The number of aromatic nitrogens is 4. The van der Waals surface area contributed by atoms with Crippen molar-refractivity contribution in [3.05, 3.63) is 113 Å². The van der Waals surface area contributed by atoms with Crippen molar-refractivity contribution >= 4 is 16.1 Å². The van der Waals surface area contributed by atoms with Gasteiger partial charge in [-0.05, 0) is 96.3 Å². The van der Waals surface area contributed by atoms with Gasteiger partial charge in [0, 0.05) is 43.8 Å². The molecule has 1 saturated carbocycles. The van der Waals surface area contributed by atoms with Crippen LogP contribution in [-0.2, 0) is 28.6 Å². The molecule has 0 unspecified atom stereocenters. The molecule has 1 fully saturated rings. The second-order valence-corrected chi connectivity index (χ2v) is 13.0. The molecule has 7 nitrogen and oxygen atoms in total. The van der Waals surface area contributed by atoms with Gasteiger partial charge in [0.15, 0.2) is 0 Å². The van der Waals surface area contributed by atoms with E-state index in [-0.39, 0.29) is 22.9 Å². The predicted octanol–water partition coefficient (Wildman–Crippen LogP) is 5.23. The Balaban J connectivity index is 1.26. The lowest BCUT2D eigenvalue weighted by atomic mass is 9.70.